The Labute approximate surface area is 277 Å². The standard InChI is InChI=1S/C20H16NS.C18H24NSi.Ir/c1-13(2)14-10-11-21-18(12-14)17-8-5-7-16-15-6-3-4-9-19(15)22-20(16)17;1-14(2)11-16-12-17(15-9-7-6-8-10-15)19-13-18(16)20(3,4)5;/h3-7,9-13H,1-2H3;6-9,12-14H,11H2,1-5H3;/q2*-1;/i13D;;. The average molecular weight is 778 g/mol. The summed E-state index contributed by atoms with van der Waals surface area (Å²) in [6, 6.07) is 33.5. The molecule has 0 atom stereocenters. The van der Waals surface area contributed by atoms with Crippen molar-refractivity contribution in [3.63, 3.8) is 0 Å². The molecule has 223 valence electrons. The van der Waals surface area contributed by atoms with Gasteiger partial charge in [0, 0.05) is 38.6 Å². The monoisotopic (exact) mass is 778 g/mol. The van der Waals surface area contributed by atoms with Gasteiger partial charge in [0.2, 0.25) is 0 Å². The average Bonchev–Trinajstić information content (AvgIpc) is 3.36. The number of thiophene rings is 1. The summed E-state index contributed by atoms with van der Waals surface area (Å²) >= 11 is 1.78. The van der Waals surface area contributed by atoms with Gasteiger partial charge in [-0.25, -0.2) is 0 Å². The number of benzene rings is 3. The number of fused-ring (bicyclic) bond motifs is 3. The molecular formula is C38H40IrN2SSi-2. The van der Waals surface area contributed by atoms with Crippen molar-refractivity contribution in [2.24, 2.45) is 5.92 Å². The summed E-state index contributed by atoms with van der Waals surface area (Å²) in [6.07, 6.45) is 5.03. The van der Waals surface area contributed by atoms with E-state index >= 15 is 0 Å². The van der Waals surface area contributed by atoms with Crippen LogP contribution in [0.3, 0.4) is 0 Å². The Bertz CT molecular complexity index is 1850. The minimum atomic E-state index is -1.34. The second kappa shape index (κ2) is 14.2. The van der Waals surface area contributed by atoms with Gasteiger partial charge in [-0.1, -0.05) is 94.2 Å². The first-order valence-corrected chi connectivity index (χ1v) is 19.0. The van der Waals surface area contributed by atoms with Crippen LogP contribution >= 0.6 is 11.3 Å². The van der Waals surface area contributed by atoms with Gasteiger partial charge in [-0.2, -0.15) is 11.3 Å². The molecule has 0 unspecified atom stereocenters. The topological polar surface area (TPSA) is 25.8 Å². The quantitative estimate of drug-likeness (QED) is 0.124. The van der Waals surface area contributed by atoms with Crippen molar-refractivity contribution in [1.29, 1.82) is 0 Å². The maximum atomic E-state index is 8.25. The third-order valence-corrected chi connectivity index (χ3v) is 10.6. The molecule has 0 N–H and O–H groups in total. The summed E-state index contributed by atoms with van der Waals surface area (Å²) in [5.41, 5.74) is 6.48. The van der Waals surface area contributed by atoms with Gasteiger partial charge < -0.3 is 9.97 Å². The minimum absolute atomic E-state index is 0. The van der Waals surface area contributed by atoms with E-state index in [0.29, 0.717) is 5.92 Å². The molecule has 1 radical (unpaired) electrons. The van der Waals surface area contributed by atoms with Crippen LogP contribution in [0.1, 0.15) is 46.1 Å². The molecule has 0 amide bonds. The van der Waals surface area contributed by atoms with Gasteiger partial charge in [0.15, 0.2) is 0 Å². The Morgan fingerprint density at radius 2 is 1.60 bits per heavy atom. The van der Waals surface area contributed by atoms with Crippen molar-refractivity contribution in [3.05, 3.63) is 115 Å². The van der Waals surface area contributed by atoms with Crippen LogP contribution in [-0.2, 0) is 26.5 Å². The number of rotatable bonds is 6. The summed E-state index contributed by atoms with van der Waals surface area (Å²) in [7, 11) is -1.34. The molecule has 6 rings (SSSR count). The van der Waals surface area contributed by atoms with E-state index in [1.165, 1.54) is 30.9 Å². The van der Waals surface area contributed by atoms with Crippen LogP contribution in [0.15, 0.2) is 91.3 Å². The van der Waals surface area contributed by atoms with Crippen LogP contribution in [0.2, 0.25) is 19.6 Å². The van der Waals surface area contributed by atoms with Crippen LogP contribution in [0.25, 0.3) is 42.7 Å². The summed E-state index contributed by atoms with van der Waals surface area (Å²) < 4.78 is 10.7. The van der Waals surface area contributed by atoms with E-state index in [-0.39, 0.29) is 20.1 Å². The Kier molecular flexibility index (Phi) is 10.4. The molecule has 2 nitrogen and oxygen atoms in total. The normalized spacial score (nSPS) is 12.0. The Balaban J connectivity index is 0.000000199. The van der Waals surface area contributed by atoms with Crippen LogP contribution < -0.4 is 5.19 Å². The third kappa shape index (κ3) is 7.77. The van der Waals surface area contributed by atoms with Crippen LogP contribution in [-0.4, -0.2) is 18.0 Å². The van der Waals surface area contributed by atoms with Gasteiger partial charge in [0.1, 0.15) is 0 Å². The molecule has 5 heteroatoms. The molecule has 0 aliphatic rings. The predicted octanol–water partition coefficient (Wildman–Crippen LogP) is 10.3. The molecule has 3 aromatic carbocycles. The summed E-state index contributed by atoms with van der Waals surface area (Å²) in [5.74, 6) is 0.0336. The second-order valence-corrected chi connectivity index (χ2v) is 18.6. The first kappa shape index (κ1) is 31.5. The van der Waals surface area contributed by atoms with E-state index in [4.69, 9.17) is 1.37 Å². The van der Waals surface area contributed by atoms with E-state index in [0.717, 1.165) is 34.5 Å². The predicted molar refractivity (Wildman–Crippen MR) is 186 cm³/mol. The molecule has 0 saturated carbocycles. The molecular weight excluding hydrogens is 737 g/mol. The number of nitrogens with zero attached hydrogens (tertiary/aromatic N) is 2. The van der Waals surface area contributed by atoms with Gasteiger partial charge in [-0.3, -0.25) is 0 Å². The molecule has 0 saturated heterocycles. The van der Waals surface area contributed by atoms with Crippen molar-refractivity contribution in [2.75, 3.05) is 0 Å². The number of hydrogen-bond acceptors (Lipinski definition) is 3. The van der Waals surface area contributed by atoms with Gasteiger partial charge in [0.25, 0.3) is 0 Å². The van der Waals surface area contributed by atoms with E-state index in [1.54, 1.807) is 17.5 Å². The maximum Gasteiger partial charge on any atom is 0.0798 e. The first-order chi connectivity index (χ1) is 20.4. The number of pyridine rings is 2. The SMILES string of the molecule is CC(C)Cc1cc(-c2[c-]cccc2)ncc1[Si](C)(C)C.[2H]C(C)(C)c1ccnc(-c2[c-]ccc3c2sc2ccccc23)c1.[Ir]. The number of hydrogen-bond donors (Lipinski definition) is 0. The van der Waals surface area contributed by atoms with Crippen molar-refractivity contribution in [2.45, 2.75) is 59.7 Å². The second-order valence-electron chi connectivity index (χ2n) is 12.5. The zero-order chi connectivity index (χ0) is 30.8. The fourth-order valence-corrected chi connectivity index (χ4v) is 8.04. The Hall–Kier alpha value is -2.95. The van der Waals surface area contributed by atoms with Crippen LogP contribution in [0.5, 0.6) is 0 Å². The van der Waals surface area contributed by atoms with Crippen LogP contribution in [0, 0.1) is 18.1 Å². The number of aromatic nitrogens is 2. The molecule has 0 aliphatic carbocycles. The summed E-state index contributed by atoms with van der Waals surface area (Å²) in [5, 5.41) is 4.02. The van der Waals surface area contributed by atoms with Crippen molar-refractivity contribution in [1.82, 2.24) is 9.97 Å². The van der Waals surface area contributed by atoms with Gasteiger partial charge in [-0.15, -0.1) is 59.7 Å². The van der Waals surface area contributed by atoms with Crippen molar-refractivity contribution < 1.29 is 21.5 Å². The summed E-state index contributed by atoms with van der Waals surface area (Å²) in [4.78, 5) is 9.22. The molecule has 6 aromatic rings. The Morgan fingerprint density at radius 1 is 0.837 bits per heavy atom. The molecule has 0 bridgehead atoms. The molecule has 0 aliphatic heterocycles. The van der Waals surface area contributed by atoms with Gasteiger partial charge in [0.05, 0.1) is 8.07 Å². The van der Waals surface area contributed by atoms with E-state index < -0.39 is 14.0 Å². The molecule has 0 spiro atoms. The summed E-state index contributed by atoms with van der Waals surface area (Å²) in [6.45, 7) is 15.5. The maximum absolute atomic E-state index is 8.25. The van der Waals surface area contributed by atoms with Crippen molar-refractivity contribution in [3.8, 4) is 22.5 Å². The third-order valence-electron chi connectivity index (χ3n) is 7.34. The van der Waals surface area contributed by atoms with E-state index in [2.05, 4.69) is 104 Å². The smallest absolute Gasteiger partial charge is 0.0798 e. The fourth-order valence-electron chi connectivity index (χ4n) is 5.24. The van der Waals surface area contributed by atoms with Crippen LogP contribution in [0.4, 0.5) is 0 Å². The molecule has 43 heavy (non-hydrogen) atoms. The van der Waals surface area contributed by atoms with Gasteiger partial charge in [-0.05, 0) is 57.0 Å². The minimum Gasteiger partial charge on any atom is -0.305 e. The molecule has 3 heterocycles. The van der Waals surface area contributed by atoms with E-state index in [1.807, 2.05) is 50.2 Å². The molecule has 3 aromatic heterocycles. The Morgan fingerprint density at radius 3 is 2.30 bits per heavy atom. The largest absolute Gasteiger partial charge is 0.305 e. The van der Waals surface area contributed by atoms with Gasteiger partial charge >= 0.3 is 0 Å². The van der Waals surface area contributed by atoms with Crippen molar-refractivity contribution >= 4 is 44.8 Å². The zero-order valence-corrected chi connectivity index (χ0v) is 30.3. The molecule has 0 fully saturated rings. The van der Waals surface area contributed by atoms with E-state index in [9.17, 15) is 0 Å². The first-order valence-electron chi connectivity index (χ1n) is 15.2. The zero-order valence-electron chi connectivity index (χ0n) is 27.1. The fraction of sp³-hybridized carbons (Fsp3) is 0.263.